The molecule has 0 bridgehead atoms. The van der Waals surface area contributed by atoms with Crippen LogP contribution in [0.2, 0.25) is 0 Å². The molecule has 156 valence electrons. The van der Waals surface area contributed by atoms with Gasteiger partial charge < -0.3 is 10.1 Å². The molecule has 0 aliphatic heterocycles. The first kappa shape index (κ1) is 20.4. The number of nitrogens with one attached hydrogen (secondary N) is 1. The summed E-state index contributed by atoms with van der Waals surface area (Å²) in [5.41, 5.74) is 0.414. The lowest BCUT2D eigenvalue weighted by atomic mass is 9.68. The molecule has 3 aromatic carbocycles. The molecule has 1 aliphatic carbocycles. The second-order valence-electron chi connectivity index (χ2n) is 8.08. The Balaban J connectivity index is 1.72. The van der Waals surface area contributed by atoms with Gasteiger partial charge in [0.15, 0.2) is 0 Å². The number of fused-ring (bicyclic) bond motifs is 1. The first-order chi connectivity index (χ1) is 14.7. The maximum absolute atomic E-state index is 14.7. The maximum Gasteiger partial charge on any atom is 0.235 e. The number of hydrogen-bond donors (Lipinski definition) is 1. The summed E-state index contributed by atoms with van der Waals surface area (Å²) in [7, 11) is 0. The van der Waals surface area contributed by atoms with E-state index in [-0.39, 0.29) is 11.7 Å². The summed E-state index contributed by atoms with van der Waals surface area (Å²) < 4.78 is 20.6. The minimum absolute atomic E-state index is 0.125. The van der Waals surface area contributed by atoms with E-state index < -0.39 is 5.41 Å². The van der Waals surface area contributed by atoms with Gasteiger partial charge in [-0.25, -0.2) is 4.39 Å². The van der Waals surface area contributed by atoms with Crippen molar-refractivity contribution < 1.29 is 13.9 Å². The fourth-order valence-corrected chi connectivity index (χ4v) is 4.58. The van der Waals surface area contributed by atoms with Crippen LogP contribution in [0.25, 0.3) is 10.8 Å². The van der Waals surface area contributed by atoms with Crippen molar-refractivity contribution >= 4 is 22.4 Å². The van der Waals surface area contributed by atoms with Gasteiger partial charge >= 0.3 is 0 Å². The van der Waals surface area contributed by atoms with E-state index in [1.165, 1.54) is 6.07 Å². The monoisotopic (exact) mass is 405 g/mol. The van der Waals surface area contributed by atoms with Gasteiger partial charge in [-0.15, -0.1) is 0 Å². The molecule has 0 saturated heterocycles. The van der Waals surface area contributed by atoms with Crippen molar-refractivity contribution in [2.75, 3.05) is 11.9 Å². The molecule has 4 heteroatoms. The van der Waals surface area contributed by atoms with Crippen molar-refractivity contribution in [2.24, 2.45) is 0 Å². The van der Waals surface area contributed by atoms with Crippen LogP contribution < -0.4 is 10.1 Å². The molecule has 1 fully saturated rings. The smallest absolute Gasteiger partial charge is 0.235 e. The van der Waals surface area contributed by atoms with Gasteiger partial charge in [0.05, 0.1) is 12.0 Å². The maximum atomic E-state index is 14.7. The molecule has 4 rings (SSSR count). The zero-order valence-electron chi connectivity index (χ0n) is 17.4. The lowest BCUT2D eigenvalue weighted by Crippen LogP contribution is -2.42. The standard InChI is InChI=1S/C26H28FNO2/c1-2-18-30-24-15-14-23(19-10-4-5-11-20(19)24)28-25(29)26(16-8-3-9-17-26)21-12-6-7-13-22(21)27/h4-7,10-15H,2-3,8-9,16-18H2,1H3,(H,28,29). The molecule has 1 amide bonds. The van der Waals surface area contributed by atoms with E-state index in [4.69, 9.17) is 4.74 Å². The Labute approximate surface area is 177 Å². The zero-order chi connectivity index (χ0) is 21.0. The van der Waals surface area contributed by atoms with E-state index in [1.807, 2.05) is 42.5 Å². The van der Waals surface area contributed by atoms with Crippen LogP contribution >= 0.6 is 0 Å². The number of carbonyl (C=O) groups is 1. The van der Waals surface area contributed by atoms with Crippen LogP contribution in [0.3, 0.4) is 0 Å². The molecule has 0 radical (unpaired) electrons. The molecule has 0 spiro atoms. The van der Waals surface area contributed by atoms with Gasteiger partial charge in [-0.3, -0.25) is 4.79 Å². The molecule has 0 aromatic heterocycles. The second-order valence-corrected chi connectivity index (χ2v) is 8.08. The molecule has 0 unspecified atom stereocenters. The van der Waals surface area contributed by atoms with Crippen LogP contribution in [0.4, 0.5) is 10.1 Å². The highest BCUT2D eigenvalue weighted by atomic mass is 19.1. The first-order valence-electron chi connectivity index (χ1n) is 10.9. The number of anilines is 1. The number of halogens is 1. The Morgan fingerprint density at radius 3 is 2.40 bits per heavy atom. The molecule has 30 heavy (non-hydrogen) atoms. The molecule has 3 aromatic rings. The molecule has 3 nitrogen and oxygen atoms in total. The first-order valence-corrected chi connectivity index (χ1v) is 10.9. The Kier molecular flexibility index (Phi) is 6.03. The van der Waals surface area contributed by atoms with E-state index in [2.05, 4.69) is 12.2 Å². The molecular formula is C26H28FNO2. The van der Waals surface area contributed by atoms with Gasteiger partial charge in [-0.05, 0) is 37.5 Å². The van der Waals surface area contributed by atoms with Crippen molar-refractivity contribution in [3.8, 4) is 5.75 Å². The van der Waals surface area contributed by atoms with Crippen LogP contribution in [0.1, 0.15) is 51.0 Å². The predicted octanol–water partition coefficient (Wildman–Crippen LogP) is 6.61. The number of rotatable bonds is 6. The van der Waals surface area contributed by atoms with Crippen LogP contribution in [-0.4, -0.2) is 12.5 Å². The Bertz CT molecular complexity index is 1040. The van der Waals surface area contributed by atoms with Gasteiger partial charge in [0.1, 0.15) is 11.6 Å². The van der Waals surface area contributed by atoms with Crippen molar-refractivity contribution in [1.29, 1.82) is 0 Å². The third-order valence-corrected chi connectivity index (χ3v) is 6.13. The fourth-order valence-electron chi connectivity index (χ4n) is 4.58. The fraction of sp³-hybridized carbons (Fsp3) is 0.346. The van der Waals surface area contributed by atoms with Crippen LogP contribution in [-0.2, 0) is 10.2 Å². The van der Waals surface area contributed by atoms with Crippen LogP contribution in [0.5, 0.6) is 5.75 Å². The molecule has 0 atom stereocenters. The highest BCUT2D eigenvalue weighted by Gasteiger charge is 2.43. The summed E-state index contributed by atoms with van der Waals surface area (Å²) in [4.78, 5) is 13.6. The third-order valence-electron chi connectivity index (χ3n) is 6.13. The normalized spacial score (nSPS) is 15.7. The average molecular weight is 406 g/mol. The predicted molar refractivity (Wildman–Crippen MR) is 120 cm³/mol. The number of amides is 1. The van der Waals surface area contributed by atoms with Gasteiger partial charge in [-0.2, -0.15) is 0 Å². The summed E-state index contributed by atoms with van der Waals surface area (Å²) in [5.74, 6) is 0.384. The zero-order valence-corrected chi connectivity index (χ0v) is 17.4. The summed E-state index contributed by atoms with van der Waals surface area (Å²) in [6.45, 7) is 2.72. The molecule has 1 N–H and O–H groups in total. The minimum atomic E-state index is -0.831. The van der Waals surface area contributed by atoms with Gasteiger partial charge in [0.2, 0.25) is 5.91 Å². The molecular weight excluding hydrogens is 377 g/mol. The van der Waals surface area contributed by atoms with Gasteiger partial charge in [0.25, 0.3) is 0 Å². The highest BCUT2D eigenvalue weighted by Crippen LogP contribution is 2.42. The molecule has 0 heterocycles. The van der Waals surface area contributed by atoms with Gasteiger partial charge in [0, 0.05) is 22.0 Å². The van der Waals surface area contributed by atoms with E-state index in [0.29, 0.717) is 25.0 Å². The average Bonchev–Trinajstić information content (AvgIpc) is 2.79. The summed E-state index contributed by atoms with van der Waals surface area (Å²) >= 11 is 0. The van der Waals surface area contributed by atoms with Crippen molar-refractivity contribution in [1.82, 2.24) is 0 Å². The van der Waals surface area contributed by atoms with E-state index in [9.17, 15) is 9.18 Å². The van der Waals surface area contributed by atoms with E-state index >= 15 is 0 Å². The Morgan fingerprint density at radius 1 is 0.967 bits per heavy atom. The van der Waals surface area contributed by atoms with E-state index in [0.717, 1.165) is 47.9 Å². The van der Waals surface area contributed by atoms with Crippen molar-refractivity contribution in [2.45, 2.75) is 50.9 Å². The number of carbonyl (C=O) groups excluding carboxylic acids is 1. The molecule has 1 aliphatic rings. The van der Waals surface area contributed by atoms with Gasteiger partial charge in [-0.1, -0.05) is 68.7 Å². The second kappa shape index (κ2) is 8.86. The summed E-state index contributed by atoms with van der Waals surface area (Å²) in [6.07, 6.45) is 5.18. The van der Waals surface area contributed by atoms with Crippen molar-refractivity contribution in [3.05, 3.63) is 72.0 Å². The topological polar surface area (TPSA) is 38.3 Å². The number of ether oxygens (including phenoxy) is 1. The lowest BCUT2D eigenvalue weighted by molar-refractivity contribution is -0.122. The minimum Gasteiger partial charge on any atom is -0.493 e. The SMILES string of the molecule is CCCOc1ccc(NC(=O)C2(c3ccccc3F)CCCCC2)c2ccccc12. The largest absolute Gasteiger partial charge is 0.493 e. The Morgan fingerprint density at radius 2 is 1.67 bits per heavy atom. The number of benzene rings is 3. The van der Waals surface area contributed by atoms with E-state index in [1.54, 1.807) is 12.1 Å². The quantitative estimate of drug-likeness (QED) is 0.501. The number of hydrogen-bond acceptors (Lipinski definition) is 2. The Hall–Kier alpha value is -2.88. The van der Waals surface area contributed by atoms with Crippen LogP contribution in [0.15, 0.2) is 60.7 Å². The van der Waals surface area contributed by atoms with Crippen LogP contribution in [0, 0.1) is 5.82 Å². The third kappa shape index (κ3) is 3.79. The summed E-state index contributed by atoms with van der Waals surface area (Å²) in [5, 5.41) is 5.04. The summed E-state index contributed by atoms with van der Waals surface area (Å²) in [6, 6.07) is 18.4. The van der Waals surface area contributed by atoms with Crippen molar-refractivity contribution in [3.63, 3.8) is 0 Å². The lowest BCUT2D eigenvalue weighted by Gasteiger charge is -2.36. The molecule has 1 saturated carbocycles. The highest BCUT2D eigenvalue weighted by molar-refractivity contribution is 6.07.